The van der Waals surface area contributed by atoms with Gasteiger partial charge in [0.25, 0.3) is 5.91 Å². The van der Waals surface area contributed by atoms with Crippen LogP contribution in [0, 0.1) is 5.82 Å². The molecule has 1 aromatic heterocycles. The predicted molar refractivity (Wildman–Crippen MR) is 65.6 cm³/mol. The Bertz CT molecular complexity index is 391. The molecule has 17 heavy (non-hydrogen) atoms. The maximum Gasteiger partial charge on any atom is 0.255 e. The average Bonchev–Trinajstić information content (AvgIpc) is 2.35. The van der Waals surface area contributed by atoms with Gasteiger partial charge in [0.2, 0.25) is 0 Å². The molecule has 0 unspecified atom stereocenters. The number of amides is 1. The Kier molecular flexibility index (Phi) is 4.87. The number of carbonyl (C=O) groups is 1. The Labute approximate surface area is 101 Å². The van der Waals surface area contributed by atoms with E-state index in [0.717, 1.165) is 19.0 Å². The lowest BCUT2D eigenvalue weighted by atomic mass is 10.1. The Morgan fingerprint density at radius 1 is 1.47 bits per heavy atom. The first-order valence-corrected chi connectivity index (χ1v) is 5.76. The van der Waals surface area contributed by atoms with Crippen molar-refractivity contribution in [3.63, 3.8) is 0 Å². The molecule has 1 rings (SSSR count). The van der Waals surface area contributed by atoms with Crippen molar-refractivity contribution in [3.8, 4) is 0 Å². The number of hydrogen-bond donors (Lipinski definition) is 2. The maximum atomic E-state index is 13.1. The van der Waals surface area contributed by atoms with Crippen molar-refractivity contribution in [2.24, 2.45) is 0 Å². The molecule has 0 aliphatic rings. The molecule has 0 spiro atoms. The number of pyridine rings is 1. The minimum Gasteiger partial charge on any atom is -0.372 e. The lowest BCUT2D eigenvalue weighted by Crippen LogP contribution is -2.34. The van der Waals surface area contributed by atoms with E-state index in [1.54, 1.807) is 7.05 Å². The Hall–Kier alpha value is -1.65. The van der Waals surface area contributed by atoms with Crippen LogP contribution in [0.2, 0.25) is 0 Å². The van der Waals surface area contributed by atoms with Crippen LogP contribution in [0.25, 0.3) is 0 Å². The SMILES string of the molecule is CCC(CC)NC(=O)c1cc(F)cnc1NC. The number of nitrogens with one attached hydrogen (secondary N) is 2. The van der Waals surface area contributed by atoms with Crippen LogP contribution in [0.1, 0.15) is 37.0 Å². The zero-order valence-corrected chi connectivity index (χ0v) is 10.4. The van der Waals surface area contributed by atoms with Crippen LogP contribution in [0.5, 0.6) is 0 Å². The highest BCUT2D eigenvalue weighted by molar-refractivity contribution is 5.98. The number of halogens is 1. The Morgan fingerprint density at radius 3 is 2.65 bits per heavy atom. The van der Waals surface area contributed by atoms with E-state index in [-0.39, 0.29) is 17.5 Å². The van der Waals surface area contributed by atoms with E-state index in [9.17, 15) is 9.18 Å². The number of anilines is 1. The van der Waals surface area contributed by atoms with Gasteiger partial charge in [0.15, 0.2) is 0 Å². The molecule has 94 valence electrons. The van der Waals surface area contributed by atoms with Gasteiger partial charge in [-0.25, -0.2) is 9.37 Å². The van der Waals surface area contributed by atoms with Gasteiger partial charge in [-0.15, -0.1) is 0 Å². The third-order valence-electron chi connectivity index (χ3n) is 2.66. The molecule has 0 aromatic carbocycles. The average molecular weight is 239 g/mol. The third-order valence-corrected chi connectivity index (χ3v) is 2.66. The first kappa shape index (κ1) is 13.4. The lowest BCUT2D eigenvalue weighted by molar-refractivity contribution is 0.0935. The van der Waals surface area contributed by atoms with Gasteiger partial charge >= 0.3 is 0 Å². The Balaban J connectivity index is 2.90. The summed E-state index contributed by atoms with van der Waals surface area (Å²) in [5, 5.41) is 5.62. The van der Waals surface area contributed by atoms with Crippen molar-refractivity contribution in [2.45, 2.75) is 32.7 Å². The standard InChI is InChI=1S/C12H18FN3O/c1-4-9(5-2)16-12(17)10-6-8(13)7-15-11(10)14-3/h6-7,9H,4-5H2,1-3H3,(H,14,15)(H,16,17). The van der Waals surface area contributed by atoms with E-state index in [2.05, 4.69) is 15.6 Å². The molecule has 0 atom stereocenters. The molecular weight excluding hydrogens is 221 g/mol. The maximum absolute atomic E-state index is 13.1. The quantitative estimate of drug-likeness (QED) is 0.828. The van der Waals surface area contributed by atoms with Crippen LogP contribution < -0.4 is 10.6 Å². The van der Waals surface area contributed by atoms with Gasteiger partial charge in [-0.3, -0.25) is 4.79 Å². The van der Waals surface area contributed by atoms with Crippen LogP contribution in [-0.4, -0.2) is 24.0 Å². The van der Waals surface area contributed by atoms with Crippen molar-refractivity contribution < 1.29 is 9.18 Å². The summed E-state index contributed by atoms with van der Waals surface area (Å²) in [5.41, 5.74) is 0.236. The van der Waals surface area contributed by atoms with E-state index in [1.165, 1.54) is 6.07 Å². The van der Waals surface area contributed by atoms with Gasteiger partial charge in [0, 0.05) is 13.1 Å². The second-order valence-electron chi connectivity index (χ2n) is 3.79. The molecule has 1 amide bonds. The topological polar surface area (TPSA) is 54.0 Å². The second kappa shape index (κ2) is 6.18. The summed E-state index contributed by atoms with van der Waals surface area (Å²) < 4.78 is 13.1. The van der Waals surface area contributed by atoms with Crippen molar-refractivity contribution in [1.82, 2.24) is 10.3 Å². The molecule has 4 nitrogen and oxygen atoms in total. The number of nitrogens with zero attached hydrogens (tertiary/aromatic N) is 1. The van der Waals surface area contributed by atoms with Gasteiger partial charge in [-0.05, 0) is 18.9 Å². The van der Waals surface area contributed by atoms with Gasteiger partial charge in [0.05, 0.1) is 11.8 Å². The van der Waals surface area contributed by atoms with Crippen LogP contribution in [0.3, 0.4) is 0 Å². The van der Waals surface area contributed by atoms with Crippen LogP contribution in [0.4, 0.5) is 10.2 Å². The summed E-state index contributed by atoms with van der Waals surface area (Å²) in [6.45, 7) is 3.99. The summed E-state index contributed by atoms with van der Waals surface area (Å²) in [5.74, 6) is -0.427. The molecule has 0 radical (unpaired) electrons. The van der Waals surface area contributed by atoms with Gasteiger partial charge < -0.3 is 10.6 Å². The zero-order chi connectivity index (χ0) is 12.8. The minimum absolute atomic E-state index is 0.107. The van der Waals surface area contributed by atoms with Crippen molar-refractivity contribution in [1.29, 1.82) is 0 Å². The summed E-state index contributed by atoms with van der Waals surface area (Å²) in [7, 11) is 1.65. The van der Waals surface area contributed by atoms with E-state index >= 15 is 0 Å². The fourth-order valence-corrected chi connectivity index (χ4v) is 1.57. The van der Waals surface area contributed by atoms with Crippen LogP contribution >= 0.6 is 0 Å². The normalized spacial score (nSPS) is 10.4. The predicted octanol–water partition coefficient (Wildman–Crippen LogP) is 2.18. The smallest absolute Gasteiger partial charge is 0.255 e. The Morgan fingerprint density at radius 2 is 2.12 bits per heavy atom. The molecule has 0 bridgehead atoms. The molecule has 0 aliphatic carbocycles. The fourth-order valence-electron chi connectivity index (χ4n) is 1.57. The molecule has 0 aliphatic heterocycles. The molecule has 1 heterocycles. The molecule has 2 N–H and O–H groups in total. The largest absolute Gasteiger partial charge is 0.372 e. The number of rotatable bonds is 5. The number of aromatic nitrogens is 1. The summed E-state index contributed by atoms with van der Waals surface area (Å²) in [6, 6.07) is 1.30. The molecule has 0 saturated carbocycles. The number of hydrogen-bond acceptors (Lipinski definition) is 3. The lowest BCUT2D eigenvalue weighted by Gasteiger charge is -2.15. The highest BCUT2D eigenvalue weighted by Crippen LogP contribution is 2.13. The highest BCUT2D eigenvalue weighted by Gasteiger charge is 2.15. The first-order chi connectivity index (χ1) is 8.12. The highest BCUT2D eigenvalue weighted by atomic mass is 19.1. The summed E-state index contributed by atoms with van der Waals surface area (Å²) >= 11 is 0. The van der Waals surface area contributed by atoms with Crippen LogP contribution in [0.15, 0.2) is 12.3 Å². The van der Waals surface area contributed by atoms with Crippen molar-refractivity contribution >= 4 is 11.7 Å². The summed E-state index contributed by atoms with van der Waals surface area (Å²) in [6.07, 6.45) is 2.78. The second-order valence-corrected chi connectivity index (χ2v) is 3.79. The molecule has 0 saturated heterocycles. The minimum atomic E-state index is -0.515. The molecular formula is C12H18FN3O. The van der Waals surface area contributed by atoms with Gasteiger partial charge in [-0.1, -0.05) is 13.8 Å². The van der Waals surface area contributed by atoms with Crippen molar-refractivity contribution in [3.05, 3.63) is 23.6 Å². The van der Waals surface area contributed by atoms with Crippen molar-refractivity contribution in [2.75, 3.05) is 12.4 Å². The fraction of sp³-hybridized carbons (Fsp3) is 0.500. The first-order valence-electron chi connectivity index (χ1n) is 5.76. The molecule has 0 fully saturated rings. The zero-order valence-electron chi connectivity index (χ0n) is 10.4. The van der Waals surface area contributed by atoms with E-state index in [1.807, 2.05) is 13.8 Å². The molecule has 5 heteroatoms. The van der Waals surface area contributed by atoms with Crippen LogP contribution in [-0.2, 0) is 0 Å². The number of carbonyl (C=O) groups excluding carboxylic acids is 1. The molecule has 1 aromatic rings. The van der Waals surface area contributed by atoms with E-state index < -0.39 is 5.82 Å². The van der Waals surface area contributed by atoms with E-state index in [4.69, 9.17) is 0 Å². The summed E-state index contributed by atoms with van der Waals surface area (Å²) in [4.78, 5) is 15.8. The van der Waals surface area contributed by atoms with E-state index in [0.29, 0.717) is 5.82 Å². The third kappa shape index (κ3) is 3.41. The monoisotopic (exact) mass is 239 g/mol. The van der Waals surface area contributed by atoms with Gasteiger partial charge in [-0.2, -0.15) is 0 Å². The van der Waals surface area contributed by atoms with Gasteiger partial charge in [0.1, 0.15) is 11.6 Å².